The fraction of sp³-hybridized carbons (Fsp3) is 0.222. The summed E-state index contributed by atoms with van der Waals surface area (Å²) < 4.78 is 9.98. The second kappa shape index (κ2) is 11.9. The monoisotopic (exact) mass is 495 g/mol. The van der Waals surface area contributed by atoms with Gasteiger partial charge in [-0.05, 0) is 48.4 Å². The Morgan fingerprint density at radius 3 is 2.17 bits per heavy atom. The van der Waals surface area contributed by atoms with E-state index in [1.54, 1.807) is 25.3 Å². The maximum Gasteiger partial charge on any atom is 0.323 e. The van der Waals surface area contributed by atoms with Crippen LogP contribution in [0.15, 0.2) is 78.6 Å². The molecule has 0 saturated carbocycles. The predicted octanol–water partition coefficient (Wildman–Crippen LogP) is 3.02. The van der Waals surface area contributed by atoms with Gasteiger partial charge in [-0.15, -0.1) is 6.58 Å². The van der Waals surface area contributed by atoms with Crippen molar-refractivity contribution in [3.63, 3.8) is 0 Å². The van der Waals surface area contributed by atoms with Crippen LogP contribution in [-0.4, -0.2) is 52.6 Å². The standard InChI is InChI=1S/C17H16O4.C10H13NO4/c1-4-13(11-5-7-12(20-2)8-6-11)14-9-16(19)17(21-3)10-15(14)18;1-10(11,9(14)15)5-6-2-3-7(12)8(13)4-6/h4-10,13H,1H2,2-3H3;2-4,12-13H,5,11H2,1H3,(H,14,15). The van der Waals surface area contributed by atoms with Gasteiger partial charge < -0.3 is 30.5 Å². The number of ketones is 2. The Hall–Kier alpha value is -4.37. The largest absolute Gasteiger partial charge is 0.504 e. The summed E-state index contributed by atoms with van der Waals surface area (Å²) in [5, 5.41) is 27.0. The Labute approximate surface area is 208 Å². The maximum atomic E-state index is 12.2. The fourth-order valence-electron chi connectivity index (χ4n) is 3.39. The molecule has 0 spiro atoms. The van der Waals surface area contributed by atoms with Crippen LogP contribution in [0.5, 0.6) is 17.2 Å². The molecule has 0 aromatic heterocycles. The molecule has 2 aromatic carbocycles. The van der Waals surface area contributed by atoms with Crippen LogP contribution in [0.1, 0.15) is 24.0 Å². The highest BCUT2D eigenvalue weighted by atomic mass is 16.5. The van der Waals surface area contributed by atoms with Gasteiger partial charge in [-0.1, -0.05) is 24.3 Å². The highest BCUT2D eigenvalue weighted by molar-refractivity contribution is 6.19. The molecule has 1 aliphatic carbocycles. The number of ether oxygens (including phenoxy) is 2. The van der Waals surface area contributed by atoms with E-state index in [9.17, 15) is 19.5 Å². The summed E-state index contributed by atoms with van der Waals surface area (Å²) in [4.78, 5) is 34.8. The van der Waals surface area contributed by atoms with Crippen LogP contribution in [0.4, 0.5) is 0 Å². The van der Waals surface area contributed by atoms with Crippen LogP contribution in [0.25, 0.3) is 0 Å². The number of aromatic hydroxyl groups is 2. The van der Waals surface area contributed by atoms with Crippen molar-refractivity contribution >= 4 is 17.5 Å². The van der Waals surface area contributed by atoms with Crippen molar-refractivity contribution in [1.82, 2.24) is 0 Å². The molecule has 5 N–H and O–H groups in total. The molecule has 0 amide bonds. The number of carboxylic acid groups (broad SMARTS) is 1. The Kier molecular flexibility index (Phi) is 9.18. The van der Waals surface area contributed by atoms with Gasteiger partial charge in [0.15, 0.2) is 23.0 Å². The van der Waals surface area contributed by atoms with E-state index in [1.807, 2.05) is 12.1 Å². The lowest BCUT2D eigenvalue weighted by atomic mass is 9.85. The highest BCUT2D eigenvalue weighted by Gasteiger charge is 2.28. The molecule has 0 fully saturated rings. The van der Waals surface area contributed by atoms with E-state index in [1.165, 1.54) is 44.4 Å². The molecule has 0 aliphatic heterocycles. The molecular formula is C27H29NO8. The molecule has 2 aromatic rings. The first kappa shape index (κ1) is 27.9. The Balaban J connectivity index is 0.000000269. The predicted molar refractivity (Wildman–Crippen MR) is 133 cm³/mol. The molecule has 0 radical (unpaired) electrons. The van der Waals surface area contributed by atoms with Gasteiger partial charge in [0.25, 0.3) is 0 Å². The lowest BCUT2D eigenvalue weighted by Crippen LogP contribution is -2.46. The van der Waals surface area contributed by atoms with Gasteiger partial charge in [-0.3, -0.25) is 14.4 Å². The number of hydrogen-bond acceptors (Lipinski definition) is 8. The Morgan fingerprint density at radius 2 is 1.67 bits per heavy atom. The number of hydrogen-bond donors (Lipinski definition) is 4. The second-order valence-corrected chi connectivity index (χ2v) is 8.25. The number of carboxylic acids is 1. The van der Waals surface area contributed by atoms with Crippen molar-refractivity contribution in [2.45, 2.75) is 24.8 Å². The third kappa shape index (κ3) is 6.83. The van der Waals surface area contributed by atoms with Crippen LogP contribution in [0.2, 0.25) is 0 Å². The molecule has 0 bridgehead atoms. The van der Waals surface area contributed by atoms with Gasteiger partial charge in [-0.25, -0.2) is 0 Å². The van der Waals surface area contributed by atoms with Gasteiger partial charge in [0.05, 0.1) is 14.2 Å². The molecule has 0 heterocycles. The number of phenols is 2. The summed E-state index contributed by atoms with van der Waals surface area (Å²) in [7, 11) is 2.95. The van der Waals surface area contributed by atoms with Crippen molar-refractivity contribution in [3.8, 4) is 17.2 Å². The molecular weight excluding hydrogens is 466 g/mol. The molecule has 190 valence electrons. The van der Waals surface area contributed by atoms with Gasteiger partial charge in [0, 0.05) is 24.0 Å². The van der Waals surface area contributed by atoms with Crippen molar-refractivity contribution < 1.29 is 39.2 Å². The molecule has 2 unspecified atom stereocenters. The van der Waals surface area contributed by atoms with Crippen molar-refractivity contribution in [2.75, 3.05) is 14.2 Å². The number of carbonyl (C=O) groups is 3. The first-order chi connectivity index (χ1) is 16.9. The van der Waals surface area contributed by atoms with Crippen LogP contribution < -0.4 is 10.5 Å². The maximum absolute atomic E-state index is 12.2. The Morgan fingerprint density at radius 1 is 1.03 bits per heavy atom. The highest BCUT2D eigenvalue weighted by Crippen LogP contribution is 2.30. The molecule has 2 atom stereocenters. The van der Waals surface area contributed by atoms with E-state index in [0.717, 1.165) is 11.3 Å². The zero-order valence-electron chi connectivity index (χ0n) is 20.2. The van der Waals surface area contributed by atoms with Crippen LogP contribution in [-0.2, 0) is 25.5 Å². The number of nitrogens with two attached hydrogens (primary N) is 1. The number of aliphatic carboxylic acids is 1. The topological polar surface area (TPSA) is 156 Å². The van der Waals surface area contributed by atoms with E-state index in [-0.39, 0.29) is 41.2 Å². The lowest BCUT2D eigenvalue weighted by molar-refractivity contribution is -0.142. The lowest BCUT2D eigenvalue weighted by Gasteiger charge is -2.19. The SMILES string of the molecule is C=CC(C1=CC(=O)C(OC)=CC1=O)c1ccc(OC)cc1.CC(N)(Cc1ccc(O)c(O)c1)C(=O)O. The first-order valence-electron chi connectivity index (χ1n) is 10.8. The van der Waals surface area contributed by atoms with Gasteiger partial charge >= 0.3 is 5.97 Å². The second-order valence-electron chi connectivity index (χ2n) is 8.25. The normalized spacial score (nSPS) is 15.3. The van der Waals surface area contributed by atoms with Crippen LogP contribution >= 0.6 is 0 Å². The minimum Gasteiger partial charge on any atom is -0.504 e. The van der Waals surface area contributed by atoms with Crippen molar-refractivity contribution in [2.24, 2.45) is 5.73 Å². The minimum absolute atomic E-state index is 0.0568. The first-order valence-corrected chi connectivity index (χ1v) is 10.8. The average Bonchev–Trinajstić information content (AvgIpc) is 2.84. The van der Waals surface area contributed by atoms with E-state index in [0.29, 0.717) is 11.1 Å². The van der Waals surface area contributed by atoms with Gasteiger partial charge in [0.1, 0.15) is 11.3 Å². The van der Waals surface area contributed by atoms with Gasteiger partial charge in [0.2, 0.25) is 5.78 Å². The third-order valence-electron chi connectivity index (χ3n) is 5.44. The number of methoxy groups -OCH3 is 2. The zero-order chi connectivity index (χ0) is 27.0. The third-order valence-corrected chi connectivity index (χ3v) is 5.44. The van der Waals surface area contributed by atoms with E-state index in [2.05, 4.69) is 6.58 Å². The Bertz CT molecular complexity index is 1210. The molecule has 36 heavy (non-hydrogen) atoms. The fourth-order valence-corrected chi connectivity index (χ4v) is 3.39. The van der Waals surface area contributed by atoms with E-state index < -0.39 is 11.5 Å². The molecule has 9 heteroatoms. The molecule has 1 aliphatic rings. The smallest absolute Gasteiger partial charge is 0.323 e. The number of carbonyl (C=O) groups excluding carboxylic acids is 2. The molecule has 9 nitrogen and oxygen atoms in total. The molecule has 3 rings (SSSR count). The summed E-state index contributed by atoms with van der Waals surface area (Å²) in [5.74, 6) is -1.76. The summed E-state index contributed by atoms with van der Waals surface area (Å²) in [5.41, 5.74) is 5.96. The summed E-state index contributed by atoms with van der Waals surface area (Å²) in [6.45, 7) is 5.15. The molecule has 0 saturated heterocycles. The summed E-state index contributed by atoms with van der Waals surface area (Å²) in [6, 6.07) is 11.4. The van der Waals surface area contributed by atoms with Crippen LogP contribution in [0.3, 0.4) is 0 Å². The number of allylic oxidation sites excluding steroid dienone is 4. The average molecular weight is 496 g/mol. The quantitative estimate of drug-likeness (QED) is 0.245. The van der Waals surface area contributed by atoms with Gasteiger partial charge in [-0.2, -0.15) is 0 Å². The van der Waals surface area contributed by atoms with Crippen molar-refractivity contribution in [3.05, 3.63) is 89.7 Å². The minimum atomic E-state index is -1.39. The summed E-state index contributed by atoms with van der Waals surface area (Å²) >= 11 is 0. The van der Waals surface area contributed by atoms with E-state index >= 15 is 0 Å². The van der Waals surface area contributed by atoms with Crippen LogP contribution in [0, 0.1) is 0 Å². The summed E-state index contributed by atoms with van der Waals surface area (Å²) in [6.07, 6.45) is 4.26. The number of rotatable bonds is 8. The zero-order valence-corrected chi connectivity index (χ0v) is 20.2. The number of benzene rings is 2. The van der Waals surface area contributed by atoms with Crippen molar-refractivity contribution in [1.29, 1.82) is 0 Å². The van der Waals surface area contributed by atoms with E-state index in [4.69, 9.17) is 25.4 Å². The number of phenolic OH excluding ortho intramolecular Hbond substituents is 2.